The zero-order valence-electron chi connectivity index (χ0n) is 16.3. The van der Waals surface area contributed by atoms with E-state index in [9.17, 15) is 9.59 Å². The van der Waals surface area contributed by atoms with Crippen LogP contribution in [0.25, 0.3) is 10.2 Å². The lowest BCUT2D eigenvalue weighted by Crippen LogP contribution is -2.44. The summed E-state index contributed by atoms with van der Waals surface area (Å²) in [6, 6.07) is 10.2. The van der Waals surface area contributed by atoms with Gasteiger partial charge < -0.3 is 10.1 Å². The second kappa shape index (κ2) is 8.86. The van der Waals surface area contributed by atoms with Crippen molar-refractivity contribution >= 4 is 27.5 Å². The molecule has 4 rings (SSSR count). The molecule has 0 radical (unpaired) electrons. The highest BCUT2D eigenvalue weighted by Gasteiger charge is 2.23. The molecule has 3 heterocycles. The molecule has 1 fully saturated rings. The van der Waals surface area contributed by atoms with Crippen LogP contribution in [0, 0.1) is 6.92 Å². The number of carbonyl (C=O) groups is 1. The largest absolute Gasteiger partial charge is 0.379 e. The maximum atomic E-state index is 12.6. The molecule has 29 heavy (non-hydrogen) atoms. The van der Waals surface area contributed by atoms with Crippen molar-refractivity contribution in [2.45, 2.75) is 19.5 Å². The molecule has 0 bridgehead atoms. The van der Waals surface area contributed by atoms with E-state index in [0.717, 1.165) is 18.7 Å². The predicted molar refractivity (Wildman–Crippen MR) is 113 cm³/mol. The minimum atomic E-state index is -0.200. The summed E-state index contributed by atoms with van der Waals surface area (Å²) in [5.41, 5.74) is 2.18. The van der Waals surface area contributed by atoms with Gasteiger partial charge in [-0.1, -0.05) is 29.8 Å². The number of hydrogen-bond acceptors (Lipinski definition) is 6. The summed E-state index contributed by atoms with van der Waals surface area (Å²) < 4.78 is 6.84. The van der Waals surface area contributed by atoms with E-state index in [1.807, 2.05) is 5.38 Å². The van der Waals surface area contributed by atoms with Crippen LogP contribution in [0.1, 0.15) is 17.2 Å². The highest BCUT2D eigenvalue weighted by Crippen LogP contribution is 2.22. The number of ether oxygens (including phenoxy) is 1. The van der Waals surface area contributed by atoms with E-state index in [4.69, 9.17) is 4.74 Å². The van der Waals surface area contributed by atoms with Gasteiger partial charge in [0.1, 0.15) is 11.4 Å². The SMILES string of the molecule is Cc1ccc([C@@H](CNC(=O)Cn2cnc3sccc3c2=O)N2CCOCC2)cc1. The number of benzene rings is 1. The molecule has 1 atom stereocenters. The maximum absolute atomic E-state index is 12.6. The van der Waals surface area contributed by atoms with Gasteiger partial charge in [0.25, 0.3) is 5.56 Å². The van der Waals surface area contributed by atoms with Gasteiger partial charge in [0, 0.05) is 19.6 Å². The van der Waals surface area contributed by atoms with Crippen molar-refractivity contribution in [1.29, 1.82) is 0 Å². The Bertz CT molecular complexity index is 1040. The molecule has 1 N–H and O–H groups in total. The Kier molecular flexibility index (Phi) is 6.03. The lowest BCUT2D eigenvalue weighted by molar-refractivity contribution is -0.122. The number of nitrogens with one attached hydrogen (secondary N) is 1. The number of aromatic nitrogens is 2. The molecule has 1 aliphatic heterocycles. The quantitative estimate of drug-likeness (QED) is 0.670. The van der Waals surface area contributed by atoms with Crippen LogP contribution >= 0.6 is 11.3 Å². The monoisotopic (exact) mass is 412 g/mol. The van der Waals surface area contributed by atoms with Gasteiger partial charge in [0.05, 0.1) is 31.0 Å². The summed E-state index contributed by atoms with van der Waals surface area (Å²) in [5, 5.41) is 5.39. The lowest BCUT2D eigenvalue weighted by Gasteiger charge is -2.35. The second-order valence-corrected chi connectivity index (χ2v) is 8.09. The Morgan fingerprint density at radius 1 is 1.24 bits per heavy atom. The fraction of sp³-hybridized carbons (Fsp3) is 0.381. The molecule has 8 heteroatoms. The van der Waals surface area contributed by atoms with Gasteiger partial charge in [-0.05, 0) is 23.9 Å². The van der Waals surface area contributed by atoms with E-state index < -0.39 is 0 Å². The molecule has 1 amide bonds. The first-order valence-electron chi connectivity index (χ1n) is 9.69. The summed E-state index contributed by atoms with van der Waals surface area (Å²) >= 11 is 1.42. The van der Waals surface area contributed by atoms with Crippen LogP contribution in [0.4, 0.5) is 0 Å². The Labute approximate surface area is 172 Å². The van der Waals surface area contributed by atoms with Crippen molar-refractivity contribution in [3.8, 4) is 0 Å². The third kappa shape index (κ3) is 4.55. The molecule has 0 spiro atoms. The number of thiophene rings is 1. The van der Waals surface area contributed by atoms with E-state index in [-0.39, 0.29) is 24.1 Å². The smallest absolute Gasteiger partial charge is 0.262 e. The second-order valence-electron chi connectivity index (χ2n) is 7.20. The van der Waals surface area contributed by atoms with Gasteiger partial charge in [-0.2, -0.15) is 0 Å². The molecule has 3 aromatic rings. The maximum Gasteiger partial charge on any atom is 0.262 e. The van der Waals surface area contributed by atoms with Gasteiger partial charge in [0.15, 0.2) is 0 Å². The molecular formula is C21H24N4O3S. The number of rotatable bonds is 6. The molecular weight excluding hydrogens is 388 g/mol. The number of morpholine rings is 1. The minimum Gasteiger partial charge on any atom is -0.379 e. The van der Waals surface area contributed by atoms with Crippen LogP contribution in [-0.4, -0.2) is 53.2 Å². The summed E-state index contributed by atoms with van der Waals surface area (Å²) in [5.74, 6) is -0.200. The Balaban J connectivity index is 1.45. The van der Waals surface area contributed by atoms with Crippen molar-refractivity contribution in [2.75, 3.05) is 32.8 Å². The van der Waals surface area contributed by atoms with Gasteiger partial charge in [-0.3, -0.25) is 19.1 Å². The average molecular weight is 413 g/mol. The van der Waals surface area contributed by atoms with Crippen molar-refractivity contribution in [2.24, 2.45) is 0 Å². The summed E-state index contributed by atoms with van der Waals surface area (Å²) in [7, 11) is 0. The summed E-state index contributed by atoms with van der Waals surface area (Å²) in [4.78, 5) is 32.3. The average Bonchev–Trinajstić information content (AvgIpc) is 3.22. The number of fused-ring (bicyclic) bond motifs is 1. The number of hydrogen-bond donors (Lipinski definition) is 1. The van der Waals surface area contributed by atoms with Crippen LogP contribution in [0.5, 0.6) is 0 Å². The van der Waals surface area contributed by atoms with E-state index in [1.165, 1.54) is 27.8 Å². The molecule has 2 aromatic heterocycles. The highest BCUT2D eigenvalue weighted by atomic mass is 32.1. The van der Waals surface area contributed by atoms with Crippen LogP contribution < -0.4 is 10.9 Å². The first kappa shape index (κ1) is 19.8. The summed E-state index contributed by atoms with van der Waals surface area (Å²) in [6.07, 6.45) is 1.44. The van der Waals surface area contributed by atoms with E-state index in [2.05, 4.69) is 46.4 Å². The molecule has 0 unspecified atom stereocenters. The van der Waals surface area contributed by atoms with Crippen LogP contribution in [0.2, 0.25) is 0 Å². The number of amides is 1. The predicted octanol–water partition coefficient (Wildman–Crippen LogP) is 1.96. The minimum absolute atomic E-state index is 0.0403. The highest BCUT2D eigenvalue weighted by molar-refractivity contribution is 7.16. The van der Waals surface area contributed by atoms with Crippen molar-refractivity contribution < 1.29 is 9.53 Å². The first-order valence-corrected chi connectivity index (χ1v) is 10.6. The third-order valence-corrected chi connectivity index (χ3v) is 6.03. The molecule has 1 aromatic carbocycles. The van der Waals surface area contributed by atoms with Crippen LogP contribution in [0.15, 0.2) is 46.8 Å². The fourth-order valence-electron chi connectivity index (χ4n) is 3.56. The Hall–Kier alpha value is -2.55. The van der Waals surface area contributed by atoms with Crippen molar-refractivity contribution in [3.05, 3.63) is 63.5 Å². The van der Waals surface area contributed by atoms with Gasteiger partial charge >= 0.3 is 0 Å². The molecule has 152 valence electrons. The zero-order valence-corrected chi connectivity index (χ0v) is 17.2. The van der Waals surface area contributed by atoms with E-state index in [0.29, 0.717) is 30.0 Å². The molecule has 1 aliphatic rings. The van der Waals surface area contributed by atoms with Crippen molar-refractivity contribution in [1.82, 2.24) is 19.8 Å². The Morgan fingerprint density at radius 2 is 2.00 bits per heavy atom. The molecule has 0 aliphatic carbocycles. The fourth-order valence-corrected chi connectivity index (χ4v) is 4.29. The topological polar surface area (TPSA) is 76.5 Å². The molecule has 1 saturated heterocycles. The molecule has 0 saturated carbocycles. The number of aryl methyl sites for hydroxylation is 1. The number of nitrogens with zero attached hydrogens (tertiary/aromatic N) is 3. The van der Waals surface area contributed by atoms with Gasteiger partial charge in [0.2, 0.25) is 5.91 Å². The number of carbonyl (C=O) groups excluding carboxylic acids is 1. The Morgan fingerprint density at radius 3 is 2.76 bits per heavy atom. The van der Waals surface area contributed by atoms with Crippen LogP contribution in [0.3, 0.4) is 0 Å². The lowest BCUT2D eigenvalue weighted by atomic mass is 10.0. The van der Waals surface area contributed by atoms with Gasteiger partial charge in [-0.25, -0.2) is 4.98 Å². The van der Waals surface area contributed by atoms with E-state index in [1.54, 1.807) is 6.07 Å². The zero-order chi connectivity index (χ0) is 20.2. The third-order valence-electron chi connectivity index (χ3n) is 5.21. The van der Waals surface area contributed by atoms with E-state index >= 15 is 0 Å². The molecule has 7 nitrogen and oxygen atoms in total. The van der Waals surface area contributed by atoms with Crippen LogP contribution in [-0.2, 0) is 16.1 Å². The first-order chi connectivity index (χ1) is 14.1. The normalized spacial score (nSPS) is 16.0. The van der Waals surface area contributed by atoms with Gasteiger partial charge in [-0.15, -0.1) is 11.3 Å². The van der Waals surface area contributed by atoms with Crippen molar-refractivity contribution in [3.63, 3.8) is 0 Å². The summed E-state index contributed by atoms with van der Waals surface area (Å²) in [6.45, 7) is 5.53. The standard InChI is InChI=1S/C21H24N4O3S/c1-15-2-4-16(5-3-15)18(24-7-9-28-10-8-24)12-22-19(26)13-25-14-23-20-17(21(25)27)6-11-29-20/h2-6,11,14,18H,7-10,12-13H2,1H3,(H,22,26)/t18-/m1/s1.